The van der Waals surface area contributed by atoms with Crippen LogP contribution < -0.4 is 9.47 Å². The molecule has 0 radical (unpaired) electrons. The summed E-state index contributed by atoms with van der Waals surface area (Å²) in [7, 11) is 3.39. The summed E-state index contributed by atoms with van der Waals surface area (Å²) in [5.74, 6) is 0.825. The lowest BCUT2D eigenvalue weighted by atomic mass is 9.80. The molecule has 0 N–H and O–H groups in total. The van der Waals surface area contributed by atoms with Crippen molar-refractivity contribution in [2.45, 2.75) is 51.1 Å². The summed E-state index contributed by atoms with van der Waals surface area (Å²) in [5, 5.41) is 9.65. The number of fused-ring (bicyclic) bond motifs is 2. The highest BCUT2D eigenvalue weighted by atomic mass is 19.4. The van der Waals surface area contributed by atoms with Crippen molar-refractivity contribution in [3.05, 3.63) is 46.8 Å². The number of rotatable bonds is 4. The minimum Gasteiger partial charge on any atom is -0.493 e. The van der Waals surface area contributed by atoms with Gasteiger partial charge in [0, 0.05) is 31.7 Å². The van der Waals surface area contributed by atoms with Crippen LogP contribution in [0.15, 0.2) is 24.3 Å². The highest BCUT2D eigenvalue weighted by molar-refractivity contribution is 5.95. The van der Waals surface area contributed by atoms with Crippen LogP contribution in [0, 0.1) is 11.3 Å². The summed E-state index contributed by atoms with van der Waals surface area (Å²) in [6.07, 6.45) is -3.73. The van der Waals surface area contributed by atoms with Crippen molar-refractivity contribution in [3.8, 4) is 17.6 Å². The van der Waals surface area contributed by atoms with Gasteiger partial charge in [0.25, 0.3) is 5.91 Å². The Balaban J connectivity index is 1.60. The zero-order chi connectivity index (χ0) is 25.5. The third-order valence-corrected chi connectivity index (χ3v) is 6.99. The van der Waals surface area contributed by atoms with Crippen molar-refractivity contribution >= 4 is 5.91 Å². The molecule has 35 heavy (non-hydrogen) atoms. The quantitative estimate of drug-likeness (QED) is 0.641. The van der Waals surface area contributed by atoms with E-state index in [-0.39, 0.29) is 24.1 Å². The number of methoxy groups -OCH3 is 1. The van der Waals surface area contributed by atoms with E-state index in [0.717, 1.165) is 6.07 Å². The van der Waals surface area contributed by atoms with Gasteiger partial charge in [-0.3, -0.25) is 9.69 Å². The molecule has 10 heteroatoms. The number of piperidine rings is 1. The number of likely N-dealkylation sites (tertiary alicyclic amines) is 1. The molecule has 1 spiro atoms. The Kier molecular flexibility index (Phi) is 6.49. The van der Waals surface area contributed by atoms with Crippen molar-refractivity contribution in [1.29, 1.82) is 5.26 Å². The molecule has 0 saturated carbocycles. The Morgan fingerprint density at radius 3 is 2.37 bits per heavy atom. The summed E-state index contributed by atoms with van der Waals surface area (Å²) in [6.45, 7) is 5.10. The number of hydrogen-bond acceptors (Lipinski definition) is 5. The van der Waals surface area contributed by atoms with E-state index in [2.05, 4.69) is 0 Å². The molecule has 188 valence electrons. The number of amides is 1. The Hall–Kier alpha value is -3.19. The van der Waals surface area contributed by atoms with Gasteiger partial charge in [0.1, 0.15) is 11.8 Å². The van der Waals surface area contributed by atoms with Gasteiger partial charge in [-0.1, -0.05) is 0 Å². The smallest absolute Gasteiger partial charge is 0.431 e. The summed E-state index contributed by atoms with van der Waals surface area (Å²) in [6, 6.07) is 7.98. The molecule has 2 aliphatic rings. The predicted molar refractivity (Wildman–Crippen MR) is 122 cm³/mol. The van der Waals surface area contributed by atoms with Crippen molar-refractivity contribution in [1.82, 2.24) is 14.4 Å². The molecule has 0 atom stereocenters. The van der Waals surface area contributed by atoms with Crippen molar-refractivity contribution < 1.29 is 27.4 Å². The van der Waals surface area contributed by atoms with Crippen LogP contribution in [0.4, 0.5) is 13.2 Å². The first kappa shape index (κ1) is 24.9. The molecule has 2 aromatic rings. The van der Waals surface area contributed by atoms with E-state index in [1.165, 1.54) is 11.7 Å². The number of hydrogen-bond donors (Lipinski definition) is 0. The summed E-state index contributed by atoms with van der Waals surface area (Å²) >= 11 is 0. The van der Waals surface area contributed by atoms with Gasteiger partial charge in [0.15, 0.2) is 11.5 Å². The van der Waals surface area contributed by atoms with Crippen LogP contribution in [-0.2, 0) is 18.3 Å². The lowest BCUT2D eigenvalue weighted by molar-refractivity contribution is -0.144. The number of aromatic nitrogens is 1. The van der Waals surface area contributed by atoms with Crippen molar-refractivity contribution in [3.63, 3.8) is 0 Å². The molecule has 1 saturated heterocycles. The maximum Gasteiger partial charge on any atom is 0.431 e. The molecule has 4 rings (SSSR count). The average Bonchev–Trinajstić information content (AvgIpc) is 3.22. The van der Waals surface area contributed by atoms with Crippen LogP contribution >= 0.6 is 0 Å². The van der Waals surface area contributed by atoms with E-state index in [4.69, 9.17) is 9.47 Å². The number of ether oxygens (including phenoxy) is 2. The molecule has 1 amide bonds. The number of carbonyl (C=O) groups is 1. The Morgan fingerprint density at radius 2 is 1.80 bits per heavy atom. The topological polar surface area (TPSA) is 70.7 Å². The number of halogens is 3. The van der Waals surface area contributed by atoms with Gasteiger partial charge in [0.2, 0.25) is 0 Å². The second-order valence-corrected chi connectivity index (χ2v) is 9.33. The van der Waals surface area contributed by atoms with E-state index in [0.29, 0.717) is 55.2 Å². The molecule has 1 fully saturated rings. The van der Waals surface area contributed by atoms with Crippen LogP contribution in [0.1, 0.15) is 54.0 Å². The number of alkyl halides is 3. The van der Waals surface area contributed by atoms with Crippen LogP contribution in [0.5, 0.6) is 11.5 Å². The summed E-state index contributed by atoms with van der Waals surface area (Å²) in [5.41, 5.74) is -0.618. The number of likely N-dealkylation sites (N-methyl/N-ethyl adjacent to an activating group) is 1. The molecule has 3 heterocycles. The first-order valence-electron chi connectivity index (χ1n) is 11.6. The van der Waals surface area contributed by atoms with Crippen LogP contribution in [0.25, 0.3) is 0 Å². The van der Waals surface area contributed by atoms with Crippen LogP contribution in [-0.4, -0.2) is 60.2 Å². The van der Waals surface area contributed by atoms with E-state index in [1.54, 1.807) is 23.1 Å². The molecule has 0 unspecified atom stereocenters. The van der Waals surface area contributed by atoms with Gasteiger partial charge >= 0.3 is 6.18 Å². The number of nitriles is 1. The number of benzene rings is 1. The molecule has 0 bridgehead atoms. The summed E-state index contributed by atoms with van der Waals surface area (Å²) in [4.78, 5) is 17.0. The largest absolute Gasteiger partial charge is 0.493 e. The van der Waals surface area contributed by atoms with Crippen LogP contribution in [0.3, 0.4) is 0 Å². The minimum atomic E-state index is -4.54. The maximum atomic E-state index is 13.7. The SMILES string of the molecule is COc1cc(C(=O)N2CCC3(CC2)c2c(C#N)cc(C(F)(F)F)n2CCN3C)ccc1OC(C)C. The van der Waals surface area contributed by atoms with Crippen molar-refractivity contribution in [2.75, 3.05) is 33.8 Å². The monoisotopic (exact) mass is 490 g/mol. The second kappa shape index (κ2) is 9.11. The third kappa shape index (κ3) is 4.33. The molecule has 2 aliphatic heterocycles. The highest BCUT2D eigenvalue weighted by Gasteiger charge is 2.49. The zero-order valence-corrected chi connectivity index (χ0v) is 20.3. The fourth-order valence-corrected chi connectivity index (χ4v) is 5.28. The van der Waals surface area contributed by atoms with E-state index < -0.39 is 17.4 Å². The Bertz CT molecular complexity index is 1160. The second-order valence-electron chi connectivity index (χ2n) is 9.33. The van der Waals surface area contributed by atoms with Gasteiger partial charge in [-0.2, -0.15) is 18.4 Å². The number of nitrogens with zero attached hydrogens (tertiary/aromatic N) is 4. The standard InChI is InChI=1S/C25H29F3N4O3/c1-16(2)35-19-6-5-17(13-20(19)34-4)23(33)31-9-7-24(8-10-31)22-18(15-29)14-21(25(26,27)28)32(22)12-11-30(24)3/h5-6,13-14,16H,7-12H2,1-4H3. The molecular formula is C25H29F3N4O3. The Labute approximate surface area is 202 Å². The highest BCUT2D eigenvalue weighted by Crippen LogP contribution is 2.46. The predicted octanol–water partition coefficient (Wildman–Crippen LogP) is 4.25. The van der Waals surface area contributed by atoms with Gasteiger partial charge in [-0.15, -0.1) is 0 Å². The third-order valence-electron chi connectivity index (χ3n) is 6.99. The van der Waals surface area contributed by atoms with Crippen molar-refractivity contribution in [2.24, 2.45) is 0 Å². The first-order chi connectivity index (χ1) is 16.5. The maximum absolute atomic E-state index is 13.7. The van der Waals surface area contributed by atoms with Gasteiger partial charge < -0.3 is 18.9 Å². The fourth-order valence-electron chi connectivity index (χ4n) is 5.28. The van der Waals surface area contributed by atoms with E-state index in [9.17, 15) is 23.2 Å². The van der Waals surface area contributed by atoms with Gasteiger partial charge in [0.05, 0.1) is 30.0 Å². The molecule has 1 aromatic carbocycles. The molecule has 7 nitrogen and oxygen atoms in total. The number of carbonyl (C=O) groups excluding carboxylic acids is 1. The van der Waals surface area contributed by atoms with Crippen LogP contribution in [0.2, 0.25) is 0 Å². The van der Waals surface area contributed by atoms with E-state index >= 15 is 0 Å². The normalized spacial score (nSPS) is 17.9. The zero-order valence-electron chi connectivity index (χ0n) is 20.3. The minimum absolute atomic E-state index is 0.0497. The summed E-state index contributed by atoms with van der Waals surface area (Å²) < 4.78 is 53.4. The lowest BCUT2D eigenvalue weighted by Crippen LogP contribution is -2.57. The lowest BCUT2D eigenvalue weighted by Gasteiger charge is -2.50. The average molecular weight is 491 g/mol. The molecule has 0 aliphatic carbocycles. The molecular weight excluding hydrogens is 461 g/mol. The molecule has 1 aromatic heterocycles. The first-order valence-corrected chi connectivity index (χ1v) is 11.6. The van der Waals surface area contributed by atoms with E-state index in [1.807, 2.05) is 31.9 Å². The van der Waals surface area contributed by atoms with Gasteiger partial charge in [-0.05, 0) is 58.0 Å². The Morgan fingerprint density at radius 1 is 1.11 bits per heavy atom. The van der Waals surface area contributed by atoms with Gasteiger partial charge in [-0.25, -0.2) is 0 Å². The fraction of sp³-hybridized carbons (Fsp3) is 0.520.